The van der Waals surface area contributed by atoms with Gasteiger partial charge in [0.25, 0.3) is 0 Å². The van der Waals surface area contributed by atoms with E-state index in [1.54, 1.807) is 23.5 Å². The van der Waals surface area contributed by atoms with E-state index in [1.807, 2.05) is 12.1 Å². The van der Waals surface area contributed by atoms with Crippen LogP contribution >= 0.6 is 35.1 Å². The number of rotatable bonds is 6. The first-order valence-corrected chi connectivity index (χ1v) is 11.7. The van der Waals surface area contributed by atoms with Crippen LogP contribution in [0.4, 0.5) is 5.95 Å². The fourth-order valence-electron chi connectivity index (χ4n) is 3.33. The van der Waals surface area contributed by atoms with E-state index < -0.39 is 0 Å². The average molecular weight is 476 g/mol. The number of anilines is 1. The number of halogens is 2. The molecule has 1 heterocycles. The zero-order chi connectivity index (χ0) is 20.4. The summed E-state index contributed by atoms with van der Waals surface area (Å²) in [5, 5.41) is 0.721. The van der Waals surface area contributed by atoms with E-state index in [2.05, 4.69) is 77.6 Å². The van der Waals surface area contributed by atoms with Crippen molar-refractivity contribution < 1.29 is 17.0 Å². The molecule has 3 aromatic carbocycles. The number of thioether (sulfide) groups is 2. The third kappa shape index (κ3) is 4.92. The molecule has 0 saturated carbocycles. The molecule has 0 aliphatic rings. The molecule has 156 valence electrons. The van der Waals surface area contributed by atoms with Gasteiger partial charge in [-0.1, -0.05) is 76.6 Å². The minimum absolute atomic E-state index is 0. The number of fused-ring (bicyclic) bond motifs is 1. The van der Waals surface area contributed by atoms with Crippen LogP contribution in [-0.2, 0) is 11.8 Å². The number of nitrogens with zero attached hydrogens (tertiary/aromatic N) is 2. The summed E-state index contributed by atoms with van der Waals surface area (Å²) >= 11 is 10.1. The van der Waals surface area contributed by atoms with Crippen LogP contribution in [0.3, 0.4) is 0 Å². The van der Waals surface area contributed by atoms with Gasteiger partial charge in [0.2, 0.25) is 0 Å². The molecule has 0 spiro atoms. The quantitative estimate of drug-likeness (QED) is 0.343. The van der Waals surface area contributed by atoms with E-state index >= 15 is 0 Å². The van der Waals surface area contributed by atoms with Gasteiger partial charge in [0.1, 0.15) is 17.3 Å². The van der Waals surface area contributed by atoms with Gasteiger partial charge in [-0.3, -0.25) is 5.73 Å². The Morgan fingerprint density at radius 3 is 2.13 bits per heavy atom. The lowest BCUT2D eigenvalue weighted by Gasteiger charge is -2.04. The Morgan fingerprint density at radius 1 is 0.900 bits per heavy atom. The van der Waals surface area contributed by atoms with Gasteiger partial charge in [-0.2, -0.15) is 0 Å². The maximum atomic E-state index is 6.61. The van der Waals surface area contributed by atoms with E-state index in [0.717, 1.165) is 21.9 Å². The summed E-state index contributed by atoms with van der Waals surface area (Å²) < 4.78 is 4.26. The molecule has 0 atom stereocenters. The van der Waals surface area contributed by atoms with Crippen molar-refractivity contribution in [2.24, 2.45) is 0 Å². The average Bonchev–Trinajstić information content (AvgIpc) is 2.97. The maximum Gasteiger partial charge on any atom is 0.357 e. The summed E-state index contributed by atoms with van der Waals surface area (Å²) in [5.41, 5.74) is 11.2. The molecule has 0 bridgehead atoms. The zero-order valence-electron chi connectivity index (χ0n) is 16.8. The Hall–Kier alpha value is -1.79. The number of hydrogen-bond donors (Lipinski definition) is 1. The number of nitrogens with two attached hydrogens (primary N) is 1. The summed E-state index contributed by atoms with van der Waals surface area (Å²) in [6.45, 7) is 4.22. The van der Waals surface area contributed by atoms with Crippen molar-refractivity contribution >= 4 is 52.1 Å². The number of para-hydroxylation sites is 1. The number of aromatic nitrogens is 2. The fraction of sp³-hybridized carbons (Fsp3) is 0.174. The van der Waals surface area contributed by atoms with Crippen LogP contribution in [-0.4, -0.2) is 4.57 Å². The van der Waals surface area contributed by atoms with Gasteiger partial charge >= 0.3 is 5.95 Å². The predicted octanol–water partition coefficient (Wildman–Crippen LogP) is 3.28. The lowest BCUT2D eigenvalue weighted by Crippen LogP contribution is -3.00. The second-order valence-corrected chi connectivity index (χ2v) is 9.45. The molecule has 0 radical (unpaired) electrons. The highest BCUT2D eigenvalue weighted by Crippen LogP contribution is 2.29. The first-order valence-electron chi connectivity index (χ1n) is 9.38. The van der Waals surface area contributed by atoms with Crippen molar-refractivity contribution in [3.05, 3.63) is 82.9 Å². The molecule has 0 fully saturated rings. The molecule has 3 nitrogen and oxygen atoms in total. The second-order valence-electron chi connectivity index (χ2n) is 7.00. The van der Waals surface area contributed by atoms with Crippen molar-refractivity contribution in [1.82, 2.24) is 4.57 Å². The first-order chi connectivity index (χ1) is 14.0. The van der Waals surface area contributed by atoms with Crippen LogP contribution in [0.2, 0.25) is 5.02 Å². The van der Waals surface area contributed by atoms with Gasteiger partial charge in [0.15, 0.2) is 5.52 Å². The Labute approximate surface area is 197 Å². The normalized spacial score (nSPS) is 10.9. The Morgan fingerprint density at radius 2 is 1.50 bits per heavy atom. The van der Waals surface area contributed by atoms with Gasteiger partial charge in [0, 0.05) is 9.79 Å². The fourth-order valence-corrected chi connectivity index (χ4v) is 5.58. The highest BCUT2D eigenvalue weighted by Gasteiger charge is 2.23. The van der Waals surface area contributed by atoms with Gasteiger partial charge in [0.05, 0.1) is 5.02 Å². The zero-order valence-corrected chi connectivity index (χ0v) is 20.0. The van der Waals surface area contributed by atoms with Crippen LogP contribution in [0.25, 0.3) is 11.0 Å². The van der Waals surface area contributed by atoms with Crippen LogP contribution in [0, 0.1) is 13.8 Å². The lowest BCUT2D eigenvalue weighted by molar-refractivity contribution is -0.634. The molecule has 0 aliphatic carbocycles. The van der Waals surface area contributed by atoms with Crippen LogP contribution < -0.4 is 22.7 Å². The van der Waals surface area contributed by atoms with E-state index in [1.165, 1.54) is 20.9 Å². The summed E-state index contributed by atoms with van der Waals surface area (Å²) in [6, 6.07) is 23.0. The molecule has 1 aromatic heterocycles. The van der Waals surface area contributed by atoms with Crippen molar-refractivity contribution in [2.45, 2.75) is 35.4 Å². The molecular weight excluding hydrogens is 453 g/mol. The number of benzene rings is 3. The van der Waals surface area contributed by atoms with Crippen molar-refractivity contribution in [3.8, 4) is 0 Å². The third-order valence-corrected chi connectivity index (χ3v) is 7.03. The minimum Gasteiger partial charge on any atom is -1.00 e. The molecule has 0 amide bonds. The molecule has 0 unspecified atom stereocenters. The van der Waals surface area contributed by atoms with E-state index in [4.69, 9.17) is 17.3 Å². The van der Waals surface area contributed by atoms with E-state index in [-0.39, 0.29) is 12.4 Å². The van der Waals surface area contributed by atoms with Crippen LogP contribution in [0.1, 0.15) is 11.1 Å². The lowest BCUT2D eigenvalue weighted by atomic mass is 10.2. The molecule has 2 N–H and O–H groups in total. The first kappa shape index (κ1) is 22.9. The minimum atomic E-state index is 0. The van der Waals surface area contributed by atoms with Crippen LogP contribution in [0.5, 0.6) is 0 Å². The molecule has 4 aromatic rings. The third-order valence-electron chi connectivity index (χ3n) is 4.78. The summed E-state index contributed by atoms with van der Waals surface area (Å²) in [4.78, 5) is 2.45. The number of imidazole rings is 1. The van der Waals surface area contributed by atoms with E-state index in [0.29, 0.717) is 11.8 Å². The Kier molecular flexibility index (Phi) is 7.64. The standard InChI is InChI=1S/C23H22ClN3S2.ClH/c1-16-6-3-8-18(12-16)28-14-26-21-11-5-10-20(24)22(21)27(23(26)25)15-29-19-9-4-7-17(2)13-19;/h3-13,25H,14-15H2,1-2H3;1H. The summed E-state index contributed by atoms with van der Waals surface area (Å²) in [7, 11) is 0. The summed E-state index contributed by atoms with van der Waals surface area (Å²) in [5.74, 6) is 2.15. The molecule has 0 aliphatic heterocycles. The van der Waals surface area contributed by atoms with Crippen LogP contribution in [0.15, 0.2) is 76.5 Å². The van der Waals surface area contributed by atoms with Gasteiger partial charge in [-0.05, 0) is 50.2 Å². The number of hydrogen-bond acceptors (Lipinski definition) is 3. The van der Waals surface area contributed by atoms with Crippen molar-refractivity contribution in [1.29, 1.82) is 0 Å². The topological polar surface area (TPSA) is 34.8 Å². The molecule has 30 heavy (non-hydrogen) atoms. The smallest absolute Gasteiger partial charge is 0.357 e. The van der Waals surface area contributed by atoms with Gasteiger partial charge in [-0.25, -0.2) is 9.13 Å². The van der Waals surface area contributed by atoms with Gasteiger partial charge in [-0.15, -0.1) is 0 Å². The number of aryl methyl sites for hydroxylation is 2. The van der Waals surface area contributed by atoms with Crippen molar-refractivity contribution in [3.63, 3.8) is 0 Å². The van der Waals surface area contributed by atoms with E-state index in [9.17, 15) is 0 Å². The Bertz CT molecular complexity index is 1170. The highest BCUT2D eigenvalue weighted by atomic mass is 35.5. The molecule has 7 heteroatoms. The molecule has 4 rings (SSSR count). The predicted molar refractivity (Wildman–Crippen MR) is 126 cm³/mol. The largest absolute Gasteiger partial charge is 1.00 e. The second kappa shape index (κ2) is 10.0. The molecular formula is C23H23Cl2N3S2. The highest BCUT2D eigenvalue weighted by molar-refractivity contribution is 7.98. The summed E-state index contributed by atoms with van der Waals surface area (Å²) in [6.07, 6.45) is 0. The number of nitrogen functional groups attached to an aromatic ring is 1. The van der Waals surface area contributed by atoms with Crippen molar-refractivity contribution in [2.75, 3.05) is 5.73 Å². The molecule has 0 saturated heterocycles. The SMILES string of the molecule is Cc1cccc(SCn2c(N)[n+](CSc3cccc(C)c3)c3c(Cl)cccc32)c1.[Cl-]. The maximum absolute atomic E-state index is 6.61. The van der Waals surface area contributed by atoms with Gasteiger partial charge < -0.3 is 12.4 Å². The Balaban J connectivity index is 0.00000256. The monoisotopic (exact) mass is 475 g/mol.